The average molecular weight is 176 g/mol. The zero-order valence-electron chi connectivity index (χ0n) is 5.47. The van der Waals surface area contributed by atoms with Crippen molar-refractivity contribution in [3.05, 3.63) is 39.7 Å². The summed E-state index contributed by atoms with van der Waals surface area (Å²) in [6.45, 7) is 0. The smallest absolute Gasteiger partial charge is 0.258 e. The number of benzene rings is 1. The number of halogens is 3. The lowest BCUT2D eigenvalue weighted by atomic mass is 10.3. The molecule has 0 aromatic heterocycles. The third-order valence-electron chi connectivity index (χ3n) is 1.10. The van der Waals surface area contributed by atoms with Gasteiger partial charge >= 0.3 is 5.69 Å². The molecule has 0 amide bonds. The fourth-order valence-electron chi connectivity index (χ4n) is 0.652. The van der Waals surface area contributed by atoms with Gasteiger partial charge in [0.05, 0.1) is 11.0 Å². The van der Waals surface area contributed by atoms with Crippen LogP contribution in [0.2, 0.25) is 0 Å². The topological polar surface area (TPSA) is 43.1 Å². The molecule has 0 saturated heterocycles. The van der Waals surface area contributed by atoms with Crippen molar-refractivity contribution in [1.29, 1.82) is 0 Å². The fraction of sp³-hybridized carbons (Fsp3) is 0. The molecule has 0 aliphatic carbocycles. The summed E-state index contributed by atoms with van der Waals surface area (Å²) in [5.41, 5.74) is -1.39. The van der Waals surface area contributed by atoms with E-state index in [9.17, 15) is 23.3 Å². The minimum Gasteiger partial charge on any atom is -0.258 e. The van der Waals surface area contributed by atoms with Crippen LogP contribution in [0.3, 0.4) is 0 Å². The highest BCUT2D eigenvalue weighted by Crippen LogP contribution is 2.21. The van der Waals surface area contributed by atoms with E-state index in [1.54, 1.807) is 0 Å². The minimum atomic E-state index is -1.64. The Balaban J connectivity index is 3.38. The molecule has 0 heterocycles. The van der Waals surface area contributed by atoms with Crippen LogP contribution in [-0.2, 0) is 0 Å². The van der Waals surface area contributed by atoms with Gasteiger partial charge in [0.25, 0.3) is 0 Å². The van der Waals surface area contributed by atoms with Crippen LogP contribution < -0.4 is 0 Å². The van der Waals surface area contributed by atoms with E-state index >= 15 is 0 Å². The largest absolute Gasteiger partial charge is 0.340 e. The van der Waals surface area contributed by atoms with Crippen LogP contribution in [0.4, 0.5) is 18.9 Å². The first kappa shape index (κ1) is 8.51. The standard InChI is InChI=1S/C6HF3NO2/c7-3-1-4(8)6(10(11)12)5(9)2-3/h1H. The third kappa shape index (κ3) is 1.36. The molecule has 0 saturated carbocycles. The lowest BCUT2D eigenvalue weighted by Gasteiger charge is -1.94. The summed E-state index contributed by atoms with van der Waals surface area (Å²) in [5.74, 6) is -4.50. The van der Waals surface area contributed by atoms with Crippen LogP contribution in [0.25, 0.3) is 0 Å². The number of hydrogen-bond acceptors (Lipinski definition) is 2. The second-order valence-corrected chi connectivity index (χ2v) is 1.88. The summed E-state index contributed by atoms with van der Waals surface area (Å²) in [5, 5.41) is 9.94. The van der Waals surface area contributed by atoms with Gasteiger partial charge in [0.15, 0.2) is 0 Å². The van der Waals surface area contributed by atoms with Crippen molar-refractivity contribution in [2.24, 2.45) is 0 Å². The first-order valence-corrected chi connectivity index (χ1v) is 2.73. The average Bonchev–Trinajstić information content (AvgIpc) is 1.82. The molecule has 12 heavy (non-hydrogen) atoms. The first-order chi connectivity index (χ1) is 5.52. The van der Waals surface area contributed by atoms with Crippen LogP contribution in [-0.4, -0.2) is 4.92 Å². The Morgan fingerprint density at radius 1 is 1.42 bits per heavy atom. The van der Waals surface area contributed by atoms with Crippen LogP contribution in [0.15, 0.2) is 6.07 Å². The molecule has 3 nitrogen and oxygen atoms in total. The first-order valence-electron chi connectivity index (χ1n) is 2.73. The predicted molar refractivity (Wildman–Crippen MR) is 31.8 cm³/mol. The normalized spacial score (nSPS) is 9.92. The monoisotopic (exact) mass is 176 g/mol. The van der Waals surface area contributed by atoms with Crippen molar-refractivity contribution < 1.29 is 18.1 Å². The van der Waals surface area contributed by atoms with Gasteiger partial charge < -0.3 is 0 Å². The maximum Gasteiger partial charge on any atom is 0.340 e. The van der Waals surface area contributed by atoms with Crippen molar-refractivity contribution >= 4 is 5.69 Å². The van der Waals surface area contributed by atoms with Crippen molar-refractivity contribution in [3.63, 3.8) is 0 Å². The lowest BCUT2D eigenvalue weighted by Crippen LogP contribution is -1.97. The van der Waals surface area contributed by atoms with Gasteiger partial charge in [0.1, 0.15) is 5.82 Å². The maximum absolute atomic E-state index is 12.4. The number of hydrogen-bond donors (Lipinski definition) is 0. The molecule has 1 rings (SSSR count). The van der Waals surface area contributed by atoms with E-state index in [1.807, 2.05) is 0 Å². The van der Waals surface area contributed by atoms with E-state index in [-0.39, 0.29) is 6.07 Å². The second kappa shape index (κ2) is 2.80. The molecule has 1 aromatic carbocycles. The van der Waals surface area contributed by atoms with Crippen molar-refractivity contribution in [1.82, 2.24) is 0 Å². The highest BCUT2D eigenvalue weighted by Gasteiger charge is 2.22. The fourth-order valence-corrected chi connectivity index (χ4v) is 0.652. The second-order valence-electron chi connectivity index (χ2n) is 1.88. The van der Waals surface area contributed by atoms with Gasteiger partial charge in [0, 0.05) is 6.07 Å². The molecule has 0 bridgehead atoms. The van der Waals surface area contributed by atoms with E-state index < -0.39 is 28.1 Å². The SMILES string of the molecule is O=[N+]([O-])c1c(F)[c]c(F)cc1F. The minimum absolute atomic E-state index is 0.196. The number of nitrogens with zero attached hydrogens (tertiary/aromatic N) is 1. The molecule has 0 atom stereocenters. The number of nitro groups is 1. The molecule has 6 heteroatoms. The number of rotatable bonds is 1. The van der Waals surface area contributed by atoms with Crippen LogP contribution >= 0.6 is 0 Å². The van der Waals surface area contributed by atoms with Gasteiger partial charge in [-0.1, -0.05) is 0 Å². The molecular weight excluding hydrogens is 175 g/mol. The molecule has 0 N–H and O–H groups in total. The Morgan fingerprint density at radius 3 is 2.42 bits per heavy atom. The van der Waals surface area contributed by atoms with E-state index in [0.29, 0.717) is 0 Å². The van der Waals surface area contributed by atoms with E-state index in [4.69, 9.17) is 0 Å². The number of nitro benzene ring substituents is 1. The highest BCUT2D eigenvalue weighted by atomic mass is 19.1. The zero-order valence-corrected chi connectivity index (χ0v) is 5.47. The Labute approximate surface area is 64.6 Å². The summed E-state index contributed by atoms with van der Waals surface area (Å²) in [7, 11) is 0. The van der Waals surface area contributed by atoms with Crippen molar-refractivity contribution in [3.8, 4) is 0 Å². The summed E-state index contributed by atoms with van der Waals surface area (Å²) < 4.78 is 36.9. The van der Waals surface area contributed by atoms with Gasteiger partial charge in [-0.15, -0.1) is 0 Å². The van der Waals surface area contributed by atoms with Crippen molar-refractivity contribution in [2.75, 3.05) is 0 Å². The van der Waals surface area contributed by atoms with Crippen LogP contribution in [0.1, 0.15) is 0 Å². The molecule has 1 aromatic rings. The Kier molecular flexibility index (Phi) is 1.99. The highest BCUT2D eigenvalue weighted by molar-refractivity contribution is 5.32. The van der Waals surface area contributed by atoms with Gasteiger partial charge in [-0.05, 0) is 0 Å². The predicted octanol–water partition coefficient (Wildman–Crippen LogP) is 1.81. The summed E-state index contributed by atoms with van der Waals surface area (Å²) in [6, 6.07) is 1.54. The van der Waals surface area contributed by atoms with Crippen LogP contribution in [0, 0.1) is 33.6 Å². The van der Waals surface area contributed by atoms with E-state index in [0.717, 1.165) is 0 Å². The van der Waals surface area contributed by atoms with E-state index in [1.165, 1.54) is 6.07 Å². The van der Waals surface area contributed by atoms with Gasteiger partial charge in [-0.2, -0.15) is 8.78 Å². The molecule has 0 spiro atoms. The molecule has 0 aliphatic heterocycles. The quantitative estimate of drug-likeness (QED) is 0.483. The Bertz CT molecular complexity index is 317. The molecule has 63 valence electrons. The van der Waals surface area contributed by atoms with Gasteiger partial charge in [-0.3, -0.25) is 10.1 Å². The molecular formula is C6HF3NO2. The van der Waals surface area contributed by atoms with Gasteiger partial charge in [0.2, 0.25) is 11.6 Å². The molecule has 0 aliphatic rings. The van der Waals surface area contributed by atoms with Crippen LogP contribution in [0.5, 0.6) is 0 Å². The maximum atomic E-state index is 12.4. The third-order valence-corrected chi connectivity index (χ3v) is 1.10. The Hall–Kier alpha value is -1.59. The van der Waals surface area contributed by atoms with E-state index in [2.05, 4.69) is 0 Å². The molecule has 1 radical (unpaired) electrons. The summed E-state index contributed by atoms with van der Waals surface area (Å²) in [6.07, 6.45) is 0. The zero-order chi connectivity index (χ0) is 9.30. The van der Waals surface area contributed by atoms with Crippen molar-refractivity contribution in [2.45, 2.75) is 0 Å². The lowest BCUT2D eigenvalue weighted by molar-refractivity contribution is -0.390. The Morgan fingerprint density at radius 2 is 2.00 bits per heavy atom. The summed E-state index contributed by atoms with van der Waals surface area (Å²) >= 11 is 0. The molecule has 0 fully saturated rings. The molecule has 0 unspecified atom stereocenters. The summed E-state index contributed by atoms with van der Waals surface area (Å²) in [4.78, 5) is 8.66. The van der Waals surface area contributed by atoms with Gasteiger partial charge in [-0.25, -0.2) is 4.39 Å².